The van der Waals surface area contributed by atoms with Gasteiger partial charge in [0.25, 0.3) is 5.91 Å². The molecule has 8 heteroatoms. The summed E-state index contributed by atoms with van der Waals surface area (Å²) < 4.78 is 48.7. The summed E-state index contributed by atoms with van der Waals surface area (Å²) >= 11 is 0. The first kappa shape index (κ1) is 22.1. The maximum Gasteiger partial charge on any atom is 0.417 e. The van der Waals surface area contributed by atoms with E-state index in [2.05, 4.69) is 10.3 Å². The molecule has 0 radical (unpaired) electrons. The third-order valence-electron chi connectivity index (χ3n) is 4.27. The van der Waals surface area contributed by atoms with E-state index in [1.807, 2.05) is 30.3 Å². The predicted octanol–water partition coefficient (Wildman–Crippen LogP) is 5.48. The van der Waals surface area contributed by atoms with Gasteiger partial charge in [-0.1, -0.05) is 18.2 Å². The molecule has 2 aromatic carbocycles. The number of aromatic nitrogens is 1. The monoisotopic (exact) mass is 430 g/mol. The Morgan fingerprint density at radius 1 is 0.903 bits per heavy atom. The van der Waals surface area contributed by atoms with E-state index in [1.165, 1.54) is 0 Å². The van der Waals surface area contributed by atoms with Gasteiger partial charge in [-0.3, -0.25) is 4.79 Å². The van der Waals surface area contributed by atoms with Gasteiger partial charge >= 0.3 is 6.18 Å². The lowest BCUT2D eigenvalue weighted by Gasteiger charge is -2.09. The van der Waals surface area contributed by atoms with E-state index in [0.29, 0.717) is 30.7 Å². The van der Waals surface area contributed by atoms with Crippen molar-refractivity contribution in [2.75, 3.05) is 13.2 Å². The molecule has 0 aliphatic carbocycles. The van der Waals surface area contributed by atoms with Crippen LogP contribution in [0.2, 0.25) is 0 Å². The molecule has 3 rings (SSSR count). The number of hydrogen-bond acceptors (Lipinski definition) is 4. The minimum atomic E-state index is -4.45. The number of amides is 1. The zero-order chi connectivity index (χ0) is 22.1. The minimum Gasteiger partial charge on any atom is -0.494 e. The predicted molar refractivity (Wildman–Crippen MR) is 109 cm³/mol. The SMILES string of the molecule is O=C(NCCCCOc1ccccc1)c1ccc(Oc2ccc(C(F)(F)F)cn2)cc1. The maximum atomic E-state index is 12.6. The Labute approximate surface area is 177 Å². The normalized spacial score (nSPS) is 11.1. The summed E-state index contributed by atoms with van der Waals surface area (Å²) in [5.41, 5.74) is -0.397. The van der Waals surface area contributed by atoms with Crippen molar-refractivity contribution in [1.82, 2.24) is 10.3 Å². The van der Waals surface area contributed by atoms with E-state index < -0.39 is 11.7 Å². The highest BCUT2D eigenvalue weighted by Gasteiger charge is 2.30. The average molecular weight is 430 g/mol. The first-order chi connectivity index (χ1) is 14.9. The summed E-state index contributed by atoms with van der Waals surface area (Å²) in [6.07, 6.45) is -2.15. The summed E-state index contributed by atoms with van der Waals surface area (Å²) in [5, 5.41) is 2.83. The van der Waals surface area contributed by atoms with Crippen molar-refractivity contribution >= 4 is 5.91 Å². The molecule has 0 fully saturated rings. The van der Waals surface area contributed by atoms with Crippen LogP contribution in [-0.2, 0) is 6.18 Å². The summed E-state index contributed by atoms with van der Waals surface area (Å²) in [6.45, 7) is 1.09. The number of pyridine rings is 1. The first-order valence-electron chi connectivity index (χ1n) is 9.69. The van der Waals surface area contributed by atoms with Gasteiger partial charge in [0.1, 0.15) is 11.5 Å². The Hall–Kier alpha value is -3.55. The molecule has 0 unspecified atom stereocenters. The van der Waals surface area contributed by atoms with E-state index in [4.69, 9.17) is 9.47 Å². The van der Waals surface area contributed by atoms with Gasteiger partial charge in [-0.2, -0.15) is 13.2 Å². The van der Waals surface area contributed by atoms with Gasteiger partial charge in [0.2, 0.25) is 5.88 Å². The molecule has 1 aromatic heterocycles. The second-order valence-corrected chi connectivity index (χ2v) is 6.63. The van der Waals surface area contributed by atoms with E-state index >= 15 is 0 Å². The van der Waals surface area contributed by atoms with Crippen LogP contribution in [0.25, 0.3) is 0 Å². The van der Waals surface area contributed by atoms with Gasteiger partial charge in [-0.25, -0.2) is 4.98 Å². The molecule has 31 heavy (non-hydrogen) atoms. The van der Waals surface area contributed by atoms with Crippen LogP contribution < -0.4 is 14.8 Å². The number of hydrogen-bond donors (Lipinski definition) is 1. The fourth-order valence-corrected chi connectivity index (χ4v) is 2.64. The van der Waals surface area contributed by atoms with E-state index in [0.717, 1.165) is 30.7 Å². The number of carbonyl (C=O) groups excluding carboxylic acids is 1. The van der Waals surface area contributed by atoms with Crippen LogP contribution in [0.4, 0.5) is 13.2 Å². The molecule has 3 aromatic rings. The summed E-state index contributed by atoms with van der Waals surface area (Å²) in [7, 11) is 0. The molecule has 0 aliphatic heterocycles. The summed E-state index contributed by atoms with van der Waals surface area (Å²) in [5.74, 6) is 0.994. The lowest BCUT2D eigenvalue weighted by Crippen LogP contribution is -2.24. The van der Waals surface area contributed by atoms with Gasteiger partial charge in [0.05, 0.1) is 12.2 Å². The third kappa shape index (κ3) is 7.02. The van der Waals surface area contributed by atoms with Crippen LogP contribution >= 0.6 is 0 Å². The second kappa shape index (κ2) is 10.5. The van der Waals surface area contributed by atoms with Crippen LogP contribution in [0, 0.1) is 0 Å². The van der Waals surface area contributed by atoms with Gasteiger partial charge in [0.15, 0.2) is 0 Å². The Morgan fingerprint density at radius 3 is 2.29 bits per heavy atom. The topological polar surface area (TPSA) is 60.5 Å². The van der Waals surface area contributed by atoms with Gasteiger partial charge < -0.3 is 14.8 Å². The zero-order valence-corrected chi connectivity index (χ0v) is 16.6. The molecule has 0 spiro atoms. The van der Waals surface area contributed by atoms with Crippen LogP contribution in [0.1, 0.15) is 28.8 Å². The van der Waals surface area contributed by atoms with Crippen LogP contribution in [0.15, 0.2) is 72.9 Å². The number of para-hydroxylation sites is 1. The molecular weight excluding hydrogens is 409 g/mol. The molecule has 1 heterocycles. The lowest BCUT2D eigenvalue weighted by atomic mass is 10.2. The Balaban J connectivity index is 1.39. The number of unbranched alkanes of at least 4 members (excludes halogenated alkanes) is 1. The van der Waals surface area contributed by atoms with Crippen molar-refractivity contribution in [2.45, 2.75) is 19.0 Å². The molecular formula is C23H21F3N2O3. The van der Waals surface area contributed by atoms with Crippen LogP contribution in [0.3, 0.4) is 0 Å². The van der Waals surface area contributed by atoms with Crippen molar-refractivity contribution in [1.29, 1.82) is 0 Å². The Bertz CT molecular complexity index is 960. The lowest BCUT2D eigenvalue weighted by molar-refractivity contribution is -0.137. The number of nitrogens with zero attached hydrogens (tertiary/aromatic N) is 1. The number of rotatable bonds is 9. The number of benzene rings is 2. The van der Waals surface area contributed by atoms with Crippen LogP contribution in [-0.4, -0.2) is 24.0 Å². The Morgan fingerprint density at radius 2 is 1.65 bits per heavy atom. The molecule has 1 N–H and O–H groups in total. The number of halogens is 3. The average Bonchev–Trinajstić information content (AvgIpc) is 2.77. The number of nitrogens with one attached hydrogen (secondary N) is 1. The minimum absolute atomic E-state index is 0.0305. The number of ether oxygens (including phenoxy) is 2. The van der Waals surface area contributed by atoms with E-state index in [9.17, 15) is 18.0 Å². The largest absolute Gasteiger partial charge is 0.494 e. The fraction of sp³-hybridized carbons (Fsp3) is 0.217. The van der Waals surface area contributed by atoms with Gasteiger partial charge in [0, 0.05) is 24.4 Å². The highest BCUT2D eigenvalue weighted by Crippen LogP contribution is 2.30. The summed E-state index contributed by atoms with van der Waals surface area (Å²) in [4.78, 5) is 15.8. The van der Waals surface area contributed by atoms with Gasteiger partial charge in [-0.15, -0.1) is 0 Å². The van der Waals surface area contributed by atoms with Crippen molar-refractivity contribution in [2.24, 2.45) is 0 Å². The molecule has 162 valence electrons. The van der Waals surface area contributed by atoms with Gasteiger partial charge in [-0.05, 0) is 55.3 Å². The van der Waals surface area contributed by atoms with Crippen molar-refractivity contribution in [3.8, 4) is 17.4 Å². The first-order valence-corrected chi connectivity index (χ1v) is 9.69. The Kier molecular flexibility index (Phi) is 7.48. The van der Waals surface area contributed by atoms with Crippen molar-refractivity contribution < 1.29 is 27.4 Å². The second-order valence-electron chi connectivity index (χ2n) is 6.63. The maximum absolute atomic E-state index is 12.6. The van der Waals surface area contributed by atoms with E-state index in [1.54, 1.807) is 24.3 Å². The molecule has 0 saturated heterocycles. The molecule has 1 amide bonds. The molecule has 5 nitrogen and oxygen atoms in total. The van der Waals surface area contributed by atoms with E-state index in [-0.39, 0.29) is 11.8 Å². The molecule has 0 atom stereocenters. The molecule has 0 bridgehead atoms. The molecule has 0 saturated carbocycles. The summed E-state index contributed by atoms with van der Waals surface area (Å²) in [6, 6.07) is 17.8. The van der Waals surface area contributed by atoms with Crippen LogP contribution in [0.5, 0.6) is 17.4 Å². The smallest absolute Gasteiger partial charge is 0.417 e. The zero-order valence-electron chi connectivity index (χ0n) is 16.6. The highest BCUT2D eigenvalue weighted by atomic mass is 19.4. The quantitative estimate of drug-likeness (QED) is 0.457. The number of alkyl halides is 3. The van der Waals surface area contributed by atoms with Crippen molar-refractivity contribution in [3.05, 3.63) is 84.1 Å². The number of carbonyl (C=O) groups is 1. The fourth-order valence-electron chi connectivity index (χ4n) is 2.64. The third-order valence-corrected chi connectivity index (χ3v) is 4.27. The van der Waals surface area contributed by atoms with Crippen molar-refractivity contribution in [3.63, 3.8) is 0 Å². The highest BCUT2D eigenvalue weighted by molar-refractivity contribution is 5.94. The standard InChI is InChI=1S/C23H21F3N2O3/c24-23(25,26)18-10-13-21(28-16-18)31-20-11-8-17(9-12-20)22(29)27-14-4-5-15-30-19-6-2-1-3-7-19/h1-3,6-13,16H,4-5,14-15H2,(H,27,29). The molecule has 0 aliphatic rings.